The number of hydrogen-bond acceptors (Lipinski definition) is 11. The molecule has 290 valence electrons. The van der Waals surface area contributed by atoms with Crippen molar-refractivity contribution in [3.8, 4) is 11.8 Å². The summed E-state index contributed by atoms with van der Waals surface area (Å²) in [6, 6.07) is 11.1. The number of nitriles is 1. The number of imide groups is 1. The monoisotopic (exact) mass is 776 g/mol. The lowest BCUT2D eigenvalue weighted by Gasteiger charge is -2.39. The Morgan fingerprint density at radius 3 is 2.51 bits per heavy atom. The van der Waals surface area contributed by atoms with E-state index in [1.54, 1.807) is 34.8 Å². The number of carbonyl (C=O) groups is 2. The fourth-order valence-corrected chi connectivity index (χ4v) is 9.39. The number of benzene rings is 2. The predicted octanol–water partition coefficient (Wildman–Crippen LogP) is 3.96. The largest absolute Gasteiger partial charge is 0.505 e. The quantitative estimate of drug-likeness (QED) is 0.212. The van der Waals surface area contributed by atoms with Gasteiger partial charge < -0.3 is 10.4 Å². The summed E-state index contributed by atoms with van der Waals surface area (Å²) in [6.07, 6.45) is 4.28. The predicted molar refractivity (Wildman–Crippen MR) is 198 cm³/mol. The maximum Gasteiger partial charge on any atom is 0.329 e. The molecule has 0 spiro atoms. The summed E-state index contributed by atoms with van der Waals surface area (Å²) in [5, 5.41) is 29.8. The van der Waals surface area contributed by atoms with Crippen LogP contribution in [0.15, 0.2) is 53.7 Å². The maximum atomic E-state index is 15.9. The van der Waals surface area contributed by atoms with E-state index in [-0.39, 0.29) is 61.0 Å². The van der Waals surface area contributed by atoms with E-state index >= 15 is 8.78 Å². The molecule has 5 heterocycles. The number of alkyl halides is 2. The number of aryl methyl sites for hydroxylation is 1. The van der Waals surface area contributed by atoms with E-state index in [0.717, 1.165) is 0 Å². The van der Waals surface area contributed by atoms with Crippen LogP contribution >= 0.6 is 0 Å². The van der Waals surface area contributed by atoms with Crippen LogP contribution in [-0.2, 0) is 28.3 Å². The van der Waals surface area contributed by atoms with Gasteiger partial charge in [-0.25, -0.2) is 32.0 Å². The van der Waals surface area contributed by atoms with Crippen molar-refractivity contribution in [3.63, 3.8) is 0 Å². The highest BCUT2D eigenvalue weighted by molar-refractivity contribution is 7.89. The summed E-state index contributed by atoms with van der Waals surface area (Å²) in [7, 11) is -2.18. The van der Waals surface area contributed by atoms with Crippen molar-refractivity contribution >= 4 is 44.6 Å². The van der Waals surface area contributed by atoms with Crippen molar-refractivity contribution < 1.29 is 31.9 Å². The summed E-state index contributed by atoms with van der Waals surface area (Å²) in [4.78, 5) is 35.4. The average Bonchev–Trinajstić information content (AvgIpc) is 3.47. The normalized spacial score (nSPS) is 20.6. The molecule has 3 aliphatic rings. The second kappa shape index (κ2) is 15.1. The van der Waals surface area contributed by atoms with Gasteiger partial charge in [0.05, 0.1) is 46.9 Å². The Morgan fingerprint density at radius 1 is 1.07 bits per heavy atom. The first-order valence-electron chi connectivity index (χ1n) is 18.2. The van der Waals surface area contributed by atoms with Gasteiger partial charge in [0.15, 0.2) is 11.6 Å². The summed E-state index contributed by atoms with van der Waals surface area (Å²) in [6.45, 7) is 2.92. The number of urea groups is 1. The zero-order valence-corrected chi connectivity index (χ0v) is 31.3. The molecule has 2 atom stereocenters. The van der Waals surface area contributed by atoms with Crippen LogP contribution in [0.3, 0.4) is 0 Å². The topological polar surface area (TPSA) is 190 Å². The molecule has 2 aromatic carbocycles. The third kappa shape index (κ3) is 7.95. The summed E-state index contributed by atoms with van der Waals surface area (Å²) >= 11 is 0. The standard InChI is InChI=1S/C37H42F2N10O5S/c1-23(15-26-16-29(5-3-25(26)18-40)55(53,54)48-12-7-27(8-13-48)43-35-41-19-28(50)20-42-35)21-47-11-9-31(37(38,39)22-47)24-4-6-30-32(17-24)46(2)45-34(30)49-14-10-33(51)44-36(49)52/h3-6,16-17,19-20,23,27,31,50H,7-15,21-22H2,1-2H3,(H,41,42,43)(H,44,51,52). The van der Waals surface area contributed by atoms with Crippen LogP contribution in [-0.4, -0.2) is 106 Å². The molecule has 0 bridgehead atoms. The Kier molecular flexibility index (Phi) is 10.5. The highest BCUT2D eigenvalue weighted by atomic mass is 32.2. The Hall–Kier alpha value is -5.25. The second-order valence-electron chi connectivity index (χ2n) is 14.6. The molecular weight excluding hydrogens is 735 g/mol. The van der Waals surface area contributed by atoms with Gasteiger partial charge in [-0.05, 0) is 79.6 Å². The number of piperidine rings is 2. The molecule has 3 saturated heterocycles. The Balaban J connectivity index is 0.977. The molecule has 18 heteroatoms. The smallest absolute Gasteiger partial charge is 0.329 e. The molecule has 7 rings (SSSR count). The molecule has 3 N–H and O–H groups in total. The van der Waals surface area contributed by atoms with E-state index < -0.39 is 34.4 Å². The van der Waals surface area contributed by atoms with Gasteiger partial charge >= 0.3 is 6.03 Å². The van der Waals surface area contributed by atoms with Gasteiger partial charge in [0, 0.05) is 51.1 Å². The van der Waals surface area contributed by atoms with Crippen molar-refractivity contribution in [2.45, 2.75) is 61.8 Å². The fourth-order valence-electron chi connectivity index (χ4n) is 7.87. The fraction of sp³-hybridized carbons (Fsp3) is 0.459. The van der Waals surface area contributed by atoms with Crippen molar-refractivity contribution in [1.29, 1.82) is 5.26 Å². The van der Waals surface area contributed by atoms with Gasteiger partial charge in [-0.1, -0.05) is 13.0 Å². The minimum Gasteiger partial charge on any atom is -0.505 e. The number of halogens is 2. The van der Waals surface area contributed by atoms with Crippen LogP contribution in [0, 0.1) is 17.2 Å². The molecule has 2 unspecified atom stereocenters. The lowest BCUT2D eigenvalue weighted by molar-refractivity contribution is -0.120. The number of hydrogen-bond donors (Lipinski definition) is 3. The van der Waals surface area contributed by atoms with Gasteiger partial charge in [-0.2, -0.15) is 14.7 Å². The van der Waals surface area contributed by atoms with E-state index in [1.807, 2.05) is 6.92 Å². The molecule has 2 aromatic heterocycles. The lowest BCUT2D eigenvalue weighted by Crippen LogP contribution is -2.49. The van der Waals surface area contributed by atoms with E-state index in [9.17, 15) is 28.4 Å². The van der Waals surface area contributed by atoms with Crippen LogP contribution in [0.5, 0.6) is 5.75 Å². The molecule has 55 heavy (non-hydrogen) atoms. The van der Waals surface area contributed by atoms with Gasteiger partial charge in [0.1, 0.15) is 0 Å². The summed E-state index contributed by atoms with van der Waals surface area (Å²) in [5.41, 5.74) is 1.97. The Bertz CT molecular complexity index is 2250. The molecule has 4 aromatic rings. The molecule has 15 nitrogen and oxygen atoms in total. The van der Waals surface area contributed by atoms with Gasteiger partial charge in [-0.3, -0.25) is 24.6 Å². The van der Waals surface area contributed by atoms with Crippen LogP contribution in [0.2, 0.25) is 0 Å². The van der Waals surface area contributed by atoms with Gasteiger partial charge in [0.2, 0.25) is 21.9 Å². The number of nitrogens with zero attached hydrogens (tertiary/aromatic N) is 8. The first-order chi connectivity index (χ1) is 26.2. The van der Waals surface area contributed by atoms with E-state index in [0.29, 0.717) is 71.7 Å². The maximum absolute atomic E-state index is 15.9. The van der Waals surface area contributed by atoms with Crippen molar-refractivity contribution in [2.24, 2.45) is 13.0 Å². The SMILES string of the molecule is CC(Cc1cc(S(=O)(=O)N2CCC(Nc3ncc(O)cn3)CC2)ccc1C#N)CN1CCC(c2ccc3c(N4CCC(=O)NC4=O)nn(C)c3c2)C(F)(F)C1. The summed E-state index contributed by atoms with van der Waals surface area (Å²) < 4.78 is 62.2. The van der Waals surface area contributed by atoms with E-state index in [2.05, 4.69) is 31.8 Å². The van der Waals surface area contributed by atoms with E-state index in [1.165, 1.54) is 39.8 Å². The molecule has 3 amide bonds. The van der Waals surface area contributed by atoms with Crippen LogP contribution in [0.25, 0.3) is 10.9 Å². The Morgan fingerprint density at radius 2 is 1.82 bits per heavy atom. The minimum absolute atomic E-state index is 0.0473. The highest BCUT2D eigenvalue weighted by Gasteiger charge is 2.45. The Labute approximate surface area is 317 Å². The van der Waals surface area contributed by atoms with Gasteiger partial charge in [-0.15, -0.1) is 0 Å². The lowest BCUT2D eigenvalue weighted by atomic mass is 9.85. The third-order valence-corrected chi connectivity index (χ3v) is 12.5. The number of likely N-dealkylation sites (tertiary alicyclic amines) is 1. The molecule has 3 fully saturated rings. The highest BCUT2D eigenvalue weighted by Crippen LogP contribution is 2.42. The number of aromatic hydroxyl groups is 1. The van der Waals surface area contributed by atoms with Crippen molar-refractivity contribution in [3.05, 3.63) is 65.5 Å². The number of nitrogens with one attached hydrogen (secondary N) is 2. The second-order valence-corrected chi connectivity index (χ2v) is 16.6. The first-order valence-corrected chi connectivity index (χ1v) is 19.6. The van der Waals surface area contributed by atoms with Gasteiger partial charge in [0.25, 0.3) is 5.92 Å². The third-order valence-electron chi connectivity index (χ3n) is 10.6. The van der Waals surface area contributed by atoms with E-state index in [4.69, 9.17) is 0 Å². The average molecular weight is 777 g/mol. The van der Waals surface area contributed by atoms with Crippen LogP contribution < -0.4 is 15.5 Å². The minimum atomic E-state index is -3.86. The number of anilines is 2. The summed E-state index contributed by atoms with van der Waals surface area (Å²) in [5.74, 6) is -3.94. The zero-order valence-electron chi connectivity index (χ0n) is 30.5. The zero-order chi connectivity index (χ0) is 39.1. The molecule has 0 aliphatic carbocycles. The number of amides is 3. The number of rotatable bonds is 10. The number of aromatic nitrogens is 4. The molecular formula is C37H42F2N10O5S. The molecule has 0 radical (unpaired) electrons. The first kappa shape index (κ1) is 38.0. The van der Waals surface area contributed by atoms with Crippen molar-refractivity contribution in [1.82, 2.24) is 34.3 Å². The van der Waals surface area contributed by atoms with Crippen LogP contribution in [0.1, 0.15) is 55.2 Å². The van der Waals surface area contributed by atoms with Crippen molar-refractivity contribution in [2.75, 3.05) is 49.5 Å². The number of fused-ring (bicyclic) bond motifs is 1. The molecule has 0 saturated carbocycles. The van der Waals surface area contributed by atoms with Crippen LogP contribution in [0.4, 0.5) is 25.3 Å². The number of sulfonamides is 1. The molecule has 3 aliphatic heterocycles. The number of carbonyl (C=O) groups excluding carboxylic acids is 2.